The number of amides is 1. The van der Waals surface area contributed by atoms with Crippen LogP contribution in [-0.2, 0) is 4.79 Å². The number of fused-ring (bicyclic) bond motifs is 2. The van der Waals surface area contributed by atoms with Gasteiger partial charge < -0.3 is 4.74 Å². The zero-order chi connectivity index (χ0) is 17.4. The van der Waals surface area contributed by atoms with Gasteiger partial charge in [0.1, 0.15) is 11.4 Å². The Morgan fingerprint density at radius 1 is 1.16 bits per heavy atom. The van der Waals surface area contributed by atoms with Crippen molar-refractivity contribution < 1.29 is 9.53 Å². The van der Waals surface area contributed by atoms with Gasteiger partial charge in [-0.15, -0.1) is 5.10 Å². The van der Waals surface area contributed by atoms with Crippen LogP contribution < -0.4 is 20.6 Å². The van der Waals surface area contributed by atoms with Crippen molar-refractivity contribution in [1.82, 2.24) is 10.3 Å². The smallest absolute Gasteiger partial charge is 0.276 e. The summed E-state index contributed by atoms with van der Waals surface area (Å²) in [7, 11) is 1.62. The second kappa shape index (κ2) is 6.25. The van der Waals surface area contributed by atoms with E-state index in [1.165, 1.54) is 11.8 Å². The van der Waals surface area contributed by atoms with E-state index < -0.39 is 6.17 Å². The molecule has 0 aliphatic carbocycles. The molecule has 2 aromatic carbocycles. The Morgan fingerprint density at radius 2 is 1.92 bits per heavy atom. The number of hydrogen-bond acceptors (Lipinski definition) is 6. The third kappa shape index (κ3) is 2.56. The quantitative estimate of drug-likeness (QED) is 0.882. The number of carbonyl (C=O) groups is 1. The molecule has 126 valence electrons. The van der Waals surface area contributed by atoms with Crippen LogP contribution in [0.15, 0.2) is 58.6 Å². The molecule has 0 radical (unpaired) electrons. The predicted octanol–water partition coefficient (Wildman–Crippen LogP) is 1.20. The maximum Gasteiger partial charge on any atom is 0.276 e. The van der Waals surface area contributed by atoms with Crippen LogP contribution in [0, 0.1) is 0 Å². The highest BCUT2D eigenvalue weighted by molar-refractivity contribution is 8.13. The van der Waals surface area contributed by atoms with Crippen LogP contribution in [0.1, 0.15) is 11.7 Å². The fourth-order valence-electron chi connectivity index (χ4n) is 3.00. The maximum absolute atomic E-state index is 12.7. The molecular formula is C18H16N4O2S. The Kier molecular flexibility index (Phi) is 3.93. The largest absolute Gasteiger partial charge is 0.496 e. The average Bonchev–Trinajstić information content (AvgIpc) is 2.66. The Labute approximate surface area is 148 Å². The summed E-state index contributed by atoms with van der Waals surface area (Å²) < 4.78 is 5.50. The second-order valence-electron chi connectivity index (χ2n) is 5.52. The van der Waals surface area contributed by atoms with E-state index in [2.05, 4.69) is 10.4 Å². The van der Waals surface area contributed by atoms with Gasteiger partial charge in [-0.2, -0.15) is 0 Å². The number of para-hydroxylation sites is 2. The van der Waals surface area contributed by atoms with Gasteiger partial charge in [0.2, 0.25) is 0 Å². The van der Waals surface area contributed by atoms with E-state index in [1.807, 2.05) is 54.8 Å². The molecule has 1 atom stereocenters. The van der Waals surface area contributed by atoms with Crippen molar-refractivity contribution in [3.63, 3.8) is 0 Å². The van der Waals surface area contributed by atoms with Crippen molar-refractivity contribution in [1.29, 1.82) is 0 Å². The summed E-state index contributed by atoms with van der Waals surface area (Å²) >= 11 is 1.38. The van der Waals surface area contributed by atoms with Crippen molar-refractivity contribution in [2.24, 2.45) is 10.1 Å². The molecule has 0 unspecified atom stereocenters. The summed E-state index contributed by atoms with van der Waals surface area (Å²) in [4.78, 5) is 17.6. The monoisotopic (exact) mass is 352 g/mol. The van der Waals surface area contributed by atoms with Crippen molar-refractivity contribution in [3.05, 3.63) is 64.7 Å². The molecule has 1 amide bonds. The van der Waals surface area contributed by atoms with E-state index in [-0.39, 0.29) is 5.91 Å². The minimum absolute atomic E-state index is 0.179. The summed E-state index contributed by atoms with van der Waals surface area (Å²) in [6.07, 6.45) is 1.41. The van der Waals surface area contributed by atoms with Crippen molar-refractivity contribution in [2.45, 2.75) is 6.17 Å². The predicted molar refractivity (Wildman–Crippen MR) is 97.3 cm³/mol. The molecule has 7 heteroatoms. The normalized spacial score (nSPS) is 18.6. The molecule has 4 rings (SSSR count). The first-order valence-electron chi connectivity index (χ1n) is 7.76. The SMILES string of the molecule is COc1ccccc1[C@@H]1N=c2ccccc2=C2C(=O)NC(SC)=NN21. The van der Waals surface area contributed by atoms with Gasteiger partial charge in [0, 0.05) is 10.8 Å². The van der Waals surface area contributed by atoms with E-state index in [0.717, 1.165) is 16.1 Å². The summed E-state index contributed by atoms with van der Waals surface area (Å²) in [5, 5.41) is 11.2. The number of hydrazone groups is 1. The summed E-state index contributed by atoms with van der Waals surface area (Å²) in [5.41, 5.74) is 1.36. The first kappa shape index (κ1) is 15.7. The molecule has 1 N–H and O–H groups in total. The first-order valence-corrected chi connectivity index (χ1v) is 8.98. The van der Waals surface area contributed by atoms with Crippen LogP contribution >= 0.6 is 11.8 Å². The number of benzene rings is 2. The standard InChI is InChI=1S/C18H16N4O2S/c1-24-14-10-6-4-8-12(14)16-19-13-9-5-3-7-11(13)15-17(23)20-18(25-2)21-22(15)16/h3-10,16H,1-2H3,(H,20,21,23)/t16-/m1/s1. The van der Waals surface area contributed by atoms with Gasteiger partial charge in [-0.1, -0.05) is 48.2 Å². The van der Waals surface area contributed by atoms with E-state index >= 15 is 0 Å². The van der Waals surface area contributed by atoms with E-state index in [9.17, 15) is 4.79 Å². The molecule has 0 bridgehead atoms. The van der Waals surface area contributed by atoms with E-state index in [4.69, 9.17) is 9.73 Å². The molecule has 0 spiro atoms. The fraction of sp³-hybridized carbons (Fsp3) is 0.167. The van der Waals surface area contributed by atoms with Gasteiger partial charge in [0.25, 0.3) is 5.91 Å². The minimum Gasteiger partial charge on any atom is -0.496 e. The molecular weight excluding hydrogens is 336 g/mol. The lowest BCUT2D eigenvalue weighted by atomic mass is 10.1. The Morgan fingerprint density at radius 3 is 2.72 bits per heavy atom. The fourth-order valence-corrected chi connectivity index (χ4v) is 3.37. The van der Waals surface area contributed by atoms with E-state index in [0.29, 0.717) is 16.6 Å². The number of hydrogen-bond donors (Lipinski definition) is 1. The van der Waals surface area contributed by atoms with Crippen molar-refractivity contribution in [2.75, 3.05) is 13.4 Å². The van der Waals surface area contributed by atoms with Gasteiger partial charge in [0.05, 0.1) is 12.5 Å². The average molecular weight is 352 g/mol. The third-order valence-electron chi connectivity index (χ3n) is 4.13. The van der Waals surface area contributed by atoms with Crippen LogP contribution in [0.5, 0.6) is 5.75 Å². The Balaban J connectivity index is 2.01. The molecule has 0 aromatic heterocycles. The highest BCUT2D eigenvalue weighted by atomic mass is 32.2. The molecule has 0 saturated carbocycles. The molecule has 2 aliphatic heterocycles. The van der Waals surface area contributed by atoms with Gasteiger partial charge in [-0.25, -0.2) is 5.01 Å². The van der Waals surface area contributed by atoms with Gasteiger partial charge in [0.15, 0.2) is 11.3 Å². The van der Waals surface area contributed by atoms with Crippen molar-refractivity contribution >= 4 is 28.5 Å². The Bertz CT molecular complexity index is 1000. The van der Waals surface area contributed by atoms with Crippen molar-refractivity contribution in [3.8, 4) is 5.75 Å². The zero-order valence-electron chi connectivity index (χ0n) is 13.8. The zero-order valence-corrected chi connectivity index (χ0v) is 14.6. The third-order valence-corrected chi connectivity index (χ3v) is 4.70. The number of amidine groups is 1. The second-order valence-corrected chi connectivity index (χ2v) is 6.31. The van der Waals surface area contributed by atoms with Crippen LogP contribution in [-0.4, -0.2) is 29.4 Å². The number of ether oxygens (including phenoxy) is 1. The van der Waals surface area contributed by atoms with E-state index in [1.54, 1.807) is 12.1 Å². The molecule has 25 heavy (non-hydrogen) atoms. The molecule has 0 fully saturated rings. The topological polar surface area (TPSA) is 66.3 Å². The maximum atomic E-state index is 12.7. The van der Waals surface area contributed by atoms with Gasteiger partial charge in [-0.05, 0) is 18.4 Å². The highest BCUT2D eigenvalue weighted by Gasteiger charge is 2.35. The molecule has 6 nitrogen and oxygen atoms in total. The molecule has 2 aliphatic rings. The Hall–Kier alpha value is -2.80. The lowest BCUT2D eigenvalue weighted by molar-refractivity contribution is -0.116. The molecule has 2 heterocycles. The molecule has 2 aromatic rings. The summed E-state index contributed by atoms with van der Waals surface area (Å²) in [6.45, 7) is 0. The van der Waals surface area contributed by atoms with Crippen LogP contribution in [0.3, 0.4) is 0 Å². The molecule has 0 saturated heterocycles. The number of thioether (sulfide) groups is 1. The number of rotatable bonds is 2. The van der Waals surface area contributed by atoms with Crippen LogP contribution in [0.2, 0.25) is 0 Å². The number of nitrogens with one attached hydrogen (secondary N) is 1. The van der Waals surface area contributed by atoms with Crippen LogP contribution in [0.4, 0.5) is 0 Å². The number of methoxy groups -OCH3 is 1. The summed E-state index contributed by atoms with van der Waals surface area (Å²) in [6, 6.07) is 15.3. The minimum atomic E-state index is -0.464. The highest BCUT2D eigenvalue weighted by Crippen LogP contribution is 2.35. The number of carbonyl (C=O) groups excluding carboxylic acids is 1. The lowest BCUT2D eigenvalue weighted by Crippen LogP contribution is -2.50. The number of nitrogens with zero attached hydrogens (tertiary/aromatic N) is 3. The summed E-state index contributed by atoms with van der Waals surface area (Å²) in [5.74, 6) is 0.531. The van der Waals surface area contributed by atoms with Crippen LogP contribution in [0.25, 0.3) is 5.70 Å². The van der Waals surface area contributed by atoms with Gasteiger partial charge >= 0.3 is 0 Å². The first-order chi connectivity index (χ1) is 12.2. The lowest BCUT2D eigenvalue weighted by Gasteiger charge is -2.34. The van der Waals surface area contributed by atoms with Gasteiger partial charge in [-0.3, -0.25) is 15.1 Å².